The number of rotatable bonds is 1. The van der Waals surface area contributed by atoms with Crippen LogP contribution in [0, 0.1) is 13.8 Å². The van der Waals surface area contributed by atoms with Gasteiger partial charge in [0.1, 0.15) is 5.56 Å². The first-order valence-corrected chi connectivity index (χ1v) is 8.51. The van der Waals surface area contributed by atoms with E-state index in [1.807, 2.05) is 19.9 Å². The van der Waals surface area contributed by atoms with E-state index in [9.17, 15) is 13.2 Å². The fourth-order valence-corrected chi connectivity index (χ4v) is 3.71. The SMILES string of the molecule is Cc1cc(C)n2ncc(C(=O)N3CCS(=O)(=O)CC3)c2n1. The minimum atomic E-state index is -3.00. The molecule has 2 aromatic rings. The van der Waals surface area contributed by atoms with Gasteiger partial charge in [0.25, 0.3) is 5.91 Å². The zero-order valence-electron chi connectivity index (χ0n) is 11.9. The molecule has 112 valence electrons. The molecule has 0 N–H and O–H groups in total. The van der Waals surface area contributed by atoms with E-state index in [2.05, 4.69) is 10.1 Å². The maximum absolute atomic E-state index is 12.5. The molecule has 0 atom stereocenters. The van der Waals surface area contributed by atoms with Crippen LogP contribution >= 0.6 is 0 Å². The van der Waals surface area contributed by atoms with Crippen LogP contribution < -0.4 is 0 Å². The molecule has 0 aliphatic carbocycles. The normalized spacial score (nSPS) is 18.1. The lowest BCUT2D eigenvalue weighted by molar-refractivity contribution is 0.0772. The van der Waals surface area contributed by atoms with Crippen molar-refractivity contribution in [2.75, 3.05) is 24.6 Å². The van der Waals surface area contributed by atoms with Crippen LogP contribution in [-0.2, 0) is 9.84 Å². The highest BCUT2D eigenvalue weighted by atomic mass is 32.2. The highest BCUT2D eigenvalue weighted by Gasteiger charge is 2.27. The van der Waals surface area contributed by atoms with Crippen molar-refractivity contribution < 1.29 is 13.2 Å². The van der Waals surface area contributed by atoms with Crippen molar-refractivity contribution in [1.29, 1.82) is 0 Å². The maximum atomic E-state index is 12.5. The number of nitrogens with zero attached hydrogens (tertiary/aromatic N) is 4. The van der Waals surface area contributed by atoms with E-state index in [0.29, 0.717) is 11.2 Å². The average Bonchev–Trinajstić information content (AvgIpc) is 2.82. The second-order valence-electron chi connectivity index (χ2n) is 5.28. The van der Waals surface area contributed by atoms with Crippen molar-refractivity contribution in [3.63, 3.8) is 0 Å². The summed E-state index contributed by atoms with van der Waals surface area (Å²) in [5, 5.41) is 4.19. The van der Waals surface area contributed by atoms with Gasteiger partial charge in [0.15, 0.2) is 15.5 Å². The number of carbonyl (C=O) groups excluding carboxylic acids is 1. The monoisotopic (exact) mass is 308 g/mol. The van der Waals surface area contributed by atoms with Crippen LogP contribution in [0.2, 0.25) is 0 Å². The quantitative estimate of drug-likeness (QED) is 0.752. The third-order valence-electron chi connectivity index (χ3n) is 3.64. The van der Waals surface area contributed by atoms with E-state index in [-0.39, 0.29) is 30.5 Å². The van der Waals surface area contributed by atoms with Gasteiger partial charge in [-0.25, -0.2) is 17.9 Å². The van der Waals surface area contributed by atoms with Crippen LogP contribution in [0.25, 0.3) is 5.65 Å². The van der Waals surface area contributed by atoms with Crippen LogP contribution in [-0.4, -0.2) is 58.4 Å². The molecule has 1 fully saturated rings. The molecule has 0 aromatic carbocycles. The number of hydrogen-bond acceptors (Lipinski definition) is 5. The van der Waals surface area contributed by atoms with Gasteiger partial charge < -0.3 is 4.90 Å². The minimum Gasteiger partial charge on any atom is -0.336 e. The first-order valence-electron chi connectivity index (χ1n) is 6.69. The predicted octanol–water partition coefficient (Wildman–Crippen LogP) is 0.217. The standard InChI is InChI=1S/C13H16N4O3S/c1-9-7-10(2)17-12(15-9)11(8-14-17)13(18)16-3-5-21(19,20)6-4-16/h7-8H,3-6H2,1-2H3. The van der Waals surface area contributed by atoms with Gasteiger partial charge in [0.2, 0.25) is 0 Å². The largest absolute Gasteiger partial charge is 0.336 e. The molecule has 0 bridgehead atoms. The minimum absolute atomic E-state index is 0.0173. The van der Waals surface area contributed by atoms with Crippen molar-refractivity contribution >= 4 is 21.4 Å². The Morgan fingerprint density at radius 3 is 2.57 bits per heavy atom. The fourth-order valence-electron chi connectivity index (χ4n) is 2.51. The molecule has 1 amide bonds. The topological polar surface area (TPSA) is 84.6 Å². The Balaban J connectivity index is 1.96. The van der Waals surface area contributed by atoms with Gasteiger partial charge in [0.05, 0.1) is 17.7 Å². The molecular weight excluding hydrogens is 292 g/mol. The highest BCUT2D eigenvalue weighted by molar-refractivity contribution is 7.91. The molecule has 7 nitrogen and oxygen atoms in total. The van der Waals surface area contributed by atoms with Gasteiger partial charge >= 0.3 is 0 Å². The lowest BCUT2D eigenvalue weighted by atomic mass is 10.2. The first-order chi connectivity index (χ1) is 9.87. The number of fused-ring (bicyclic) bond motifs is 1. The van der Waals surface area contributed by atoms with E-state index in [1.165, 1.54) is 6.20 Å². The van der Waals surface area contributed by atoms with Gasteiger partial charge in [-0.2, -0.15) is 5.10 Å². The Morgan fingerprint density at radius 2 is 1.90 bits per heavy atom. The van der Waals surface area contributed by atoms with Gasteiger partial charge in [-0.05, 0) is 19.9 Å². The summed E-state index contributed by atoms with van der Waals surface area (Å²) in [7, 11) is -3.00. The summed E-state index contributed by atoms with van der Waals surface area (Å²) in [5.74, 6) is -0.176. The third kappa shape index (κ3) is 2.51. The Hall–Kier alpha value is -1.96. The lowest BCUT2D eigenvalue weighted by Crippen LogP contribution is -2.43. The average molecular weight is 308 g/mol. The Labute approximate surface area is 122 Å². The summed E-state index contributed by atoms with van der Waals surface area (Å²) >= 11 is 0. The summed E-state index contributed by atoms with van der Waals surface area (Å²) in [6, 6.07) is 1.89. The van der Waals surface area contributed by atoms with E-state index < -0.39 is 9.84 Å². The van der Waals surface area contributed by atoms with Gasteiger partial charge in [-0.15, -0.1) is 0 Å². The molecule has 3 rings (SSSR count). The maximum Gasteiger partial charge on any atom is 0.259 e. The summed E-state index contributed by atoms with van der Waals surface area (Å²) in [6.07, 6.45) is 1.50. The smallest absolute Gasteiger partial charge is 0.259 e. The Kier molecular flexibility index (Phi) is 3.20. The van der Waals surface area contributed by atoms with E-state index in [4.69, 9.17) is 0 Å². The molecule has 2 aromatic heterocycles. The van der Waals surface area contributed by atoms with E-state index >= 15 is 0 Å². The summed E-state index contributed by atoms with van der Waals surface area (Å²) in [6.45, 7) is 4.21. The number of amides is 1. The van der Waals surface area contributed by atoms with Crippen molar-refractivity contribution in [3.05, 3.63) is 29.2 Å². The van der Waals surface area contributed by atoms with Crippen molar-refractivity contribution in [2.24, 2.45) is 0 Å². The molecule has 3 heterocycles. The molecule has 1 aliphatic rings. The van der Waals surface area contributed by atoms with Crippen molar-refractivity contribution in [3.8, 4) is 0 Å². The number of carbonyl (C=O) groups is 1. The van der Waals surface area contributed by atoms with Crippen LogP contribution in [0.15, 0.2) is 12.3 Å². The van der Waals surface area contributed by atoms with Crippen LogP contribution in [0.3, 0.4) is 0 Å². The van der Waals surface area contributed by atoms with Crippen LogP contribution in [0.4, 0.5) is 0 Å². The van der Waals surface area contributed by atoms with E-state index in [0.717, 1.165) is 11.4 Å². The van der Waals surface area contributed by atoms with Gasteiger partial charge in [0, 0.05) is 24.5 Å². The van der Waals surface area contributed by atoms with Crippen LogP contribution in [0.5, 0.6) is 0 Å². The summed E-state index contributed by atoms with van der Waals surface area (Å²) in [5.41, 5.74) is 2.65. The number of sulfone groups is 1. The van der Waals surface area contributed by atoms with Gasteiger partial charge in [-0.1, -0.05) is 0 Å². The zero-order valence-corrected chi connectivity index (χ0v) is 12.7. The summed E-state index contributed by atoms with van der Waals surface area (Å²) < 4.78 is 24.5. The molecule has 0 unspecified atom stereocenters. The number of aromatic nitrogens is 3. The zero-order chi connectivity index (χ0) is 15.2. The highest BCUT2D eigenvalue weighted by Crippen LogP contribution is 2.15. The lowest BCUT2D eigenvalue weighted by Gasteiger charge is -2.26. The number of hydrogen-bond donors (Lipinski definition) is 0. The Morgan fingerprint density at radius 1 is 1.24 bits per heavy atom. The predicted molar refractivity (Wildman–Crippen MR) is 77.0 cm³/mol. The van der Waals surface area contributed by atoms with E-state index in [1.54, 1.807) is 9.42 Å². The third-order valence-corrected chi connectivity index (χ3v) is 5.25. The van der Waals surface area contributed by atoms with Crippen LogP contribution in [0.1, 0.15) is 21.7 Å². The second-order valence-corrected chi connectivity index (χ2v) is 7.58. The first kappa shape index (κ1) is 14.0. The molecule has 0 spiro atoms. The number of aryl methyl sites for hydroxylation is 2. The molecule has 21 heavy (non-hydrogen) atoms. The molecule has 0 radical (unpaired) electrons. The molecular formula is C13H16N4O3S. The summed E-state index contributed by atoms with van der Waals surface area (Å²) in [4.78, 5) is 18.5. The van der Waals surface area contributed by atoms with Gasteiger partial charge in [-0.3, -0.25) is 4.79 Å². The molecule has 1 saturated heterocycles. The molecule has 8 heteroatoms. The fraction of sp³-hybridized carbons (Fsp3) is 0.462. The second kappa shape index (κ2) is 4.80. The Bertz CT molecular complexity index is 811. The van der Waals surface area contributed by atoms with Crippen molar-refractivity contribution in [1.82, 2.24) is 19.5 Å². The molecule has 1 aliphatic heterocycles. The molecule has 0 saturated carbocycles. The van der Waals surface area contributed by atoms with Crippen molar-refractivity contribution in [2.45, 2.75) is 13.8 Å².